The number of piperidine rings is 1. The third-order valence-corrected chi connectivity index (χ3v) is 4.74. The summed E-state index contributed by atoms with van der Waals surface area (Å²) >= 11 is 0. The van der Waals surface area contributed by atoms with Gasteiger partial charge >= 0.3 is 6.09 Å². The first-order valence-electron chi connectivity index (χ1n) is 10.6. The Morgan fingerprint density at radius 3 is 2.38 bits per heavy atom. The summed E-state index contributed by atoms with van der Waals surface area (Å²) in [6.45, 7) is 6.33. The zero-order chi connectivity index (χ0) is 23.7. The Morgan fingerprint density at radius 2 is 1.72 bits per heavy atom. The molecular formula is C22H31FN4O5. The van der Waals surface area contributed by atoms with Gasteiger partial charge in [0.25, 0.3) is 5.91 Å². The van der Waals surface area contributed by atoms with Crippen molar-refractivity contribution in [3.05, 3.63) is 35.6 Å². The smallest absolute Gasteiger partial charge is 0.407 e. The van der Waals surface area contributed by atoms with Crippen LogP contribution in [0.3, 0.4) is 0 Å². The average Bonchev–Trinajstić information content (AvgIpc) is 2.74. The van der Waals surface area contributed by atoms with Gasteiger partial charge in [-0.15, -0.1) is 0 Å². The third-order valence-electron chi connectivity index (χ3n) is 4.74. The van der Waals surface area contributed by atoms with Crippen LogP contribution in [0.4, 0.5) is 9.18 Å². The average molecular weight is 451 g/mol. The molecule has 1 aromatic carbocycles. The summed E-state index contributed by atoms with van der Waals surface area (Å²) in [6.07, 6.45) is 0.770. The van der Waals surface area contributed by atoms with Crippen LogP contribution in [0.5, 0.6) is 0 Å². The van der Waals surface area contributed by atoms with Crippen molar-refractivity contribution in [2.75, 3.05) is 32.7 Å². The Kier molecular flexibility index (Phi) is 8.98. The molecule has 0 aliphatic carbocycles. The molecule has 4 amide bonds. The van der Waals surface area contributed by atoms with Gasteiger partial charge < -0.3 is 25.6 Å². The molecule has 10 heteroatoms. The topological polar surface area (TPSA) is 117 Å². The van der Waals surface area contributed by atoms with Gasteiger partial charge in [0.15, 0.2) is 0 Å². The van der Waals surface area contributed by atoms with Crippen LogP contribution in [0.1, 0.15) is 44.0 Å². The van der Waals surface area contributed by atoms with Crippen molar-refractivity contribution in [1.29, 1.82) is 0 Å². The van der Waals surface area contributed by atoms with Crippen LogP contribution >= 0.6 is 0 Å². The molecular weight excluding hydrogens is 419 g/mol. The van der Waals surface area contributed by atoms with Crippen LogP contribution in [-0.4, -0.2) is 67.0 Å². The molecule has 0 saturated carbocycles. The number of likely N-dealkylation sites (tertiary alicyclic amines) is 1. The number of halogens is 1. The lowest BCUT2D eigenvalue weighted by molar-refractivity contribution is -0.134. The number of hydrogen-bond acceptors (Lipinski definition) is 5. The molecule has 1 aromatic rings. The van der Waals surface area contributed by atoms with Crippen LogP contribution in [0.2, 0.25) is 0 Å². The molecule has 0 spiro atoms. The van der Waals surface area contributed by atoms with Gasteiger partial charge in [0, 0.05) is 31.7 Å². The molecule has 1 aliphatic rings. The van der Waals surface area contributed by atoms with Gasteiger partial charge in [0.05, 0.1) is 12.5 Å². The minimum Gasteiger partial charge on any atom is -0.444 e. The van der Waals surface area contributed by atoms with Crippen molar-refractivity contribution in [3.63, 3.8) is 0 Å². The number of nitrogens with zero attached hydrogens (tertiary/aromatic N) is 1. The first-order chi connectivity index (χ1) is 15.0. The van der Waals surface area contributed by atoms with Crippen LogP contribution in [0.15, 0.2) is 24.3 Å². The summed E-state index contributed by atoms with van der Waals surface area (Å²) in [4.78, 5) is 50.1. The molecule has 3 N–H and O–H groups in total. The van der Waals surface area contributed by atoms with Gasteiger partial charge in [-0.1, -0.05) is 0 Å². The van der Waals surface area contributed by atoms with Crippen molar-refractivity contribution < 1.29 is 28.3 Å². The first kappa shape index (κ1) is 25.1. The maximum absolute atomic E-state index is 13.0. The fourth-order valence-corrected chi connectivity index (χ4v) is 3.20. The standard InChI is InChI=1S/C22H31FN4O5/c1-22(2,3)32-21(31)25-11-10-24-20(30)16-5-4-12-27(14-16)18(28)13-26-19(29)15-6-8-17(23)9-7-15/h6-9,16H,4-5,10-14H2,1-3H3,(H,24,30)(H,25,31)(H,26,29). The van der Waals surface area contributed by atoms with Crippen molar-refractivity contribution in [2.24, 2.45) is 5.92 Å². The number of carbonyl (C=O) groups is 4. The van der Waals surface area contributed by atoms with E-state index < -0.39 is 23.4 Å². The van der Waals surface area contributed by atoms with Gasteiger partial charge in [-0.2, -0.15) is 0 Å². The third kappa shape index (κ3) is 8.52. The minimum atomic E-state index is -0.593. The molecule has 1 heterocycles. The molecule has 1 aliphatic heterocycles. The normalized spacial score (nSPS) is 16.1. The van der Waals surface area contributed by atoms with E-state index in [1.165, 1.54) is 24.3 Å². The van der Waals surface area contributed by atoms with Gasteiger partial charge in [0.2, 0.25) is 11.8 Å². The molecule has 0 bridgehead atoms. The predicted octanol–water partition coefficient (Wildman–Crippen LogP) is 1.44. The van der Waals surface area contributed by atoms with Crippen LogP contribution in [0.25, 0.3) is 0 Å². The Balaban J connectivity index is 1.71. The second-order valence-electron chi connectivity index (χ2n) is 8.59. The van der Waals surface area contributed by atoms with E-state index >= 15 is 0 Å². The van der Waals surface area contributed by atoms with Gasteiger partial charge in [-0.3, -0.25) is 14.4 Å². The zero-order valence-corrected chi connectivity index (χ0v) is 18.7. The van der Waals surface area contributed by atoms with E-state index in [1.807, 2.05) is 0 Å². The number of rotatable bonds is 7. The number of alkyl carbamates (subject to hydrolysis) is 1. The van der Waals surface area contributed by atoms with Crippen molar-refractivity contribution in [1.82, 2.24) is 20.9 Å². The number of benzene rings is 1. The molecule has 9 nitrogen and oxygen atoms in total. The molecule has 1 saturated heterocycles. The molecule has 32 heavy (non-hydrogen) atoms. The lowest BCUT2D eigenvalue weighted by Crippen LogP contribution is -2.49. The second kappa shape index (κ2) is 11.4. The molecule has 176 valence electrons. The molecule has 1 atom stereocenters. The maximum atomic E-state index is 13.0. The summed E-state index contributed by atoms with van der Waals surface area (Å²) in [7, 11) is 0. The highest BCUT2D eigenvalue weighted by atomic mass is 19.1. The number of nitrogens with one attached hydrogen (secondary N) is 3. The Hall–Kier alpha value is -3.17. The molecule has 0 radical (unpaired) electrons. The maximum Gasteiger partial charge on any atom is 0.407 e. The van der Waals surface area contributed by atoms with E-state index in [9.17, 15) is 23.6 Å². The first-order valence-corrected chi connectivity index (χ1v) is 10.6. The monoisotopic (exact) mass is 450 g/mol. The number of carbonyl (C=O) groups excluding carboxylic acids is 4. The number of hydrogen-bond donors (Lipinski definition) is 3. The minimum absolute atomic E-state index is 0.191. The highest BCUT2D eigenvalue weighted by molar-refractivity contribution is 5.96. The zero-order valence-electron chi connectivity index (χ0n) is 18.7. The Morgan fingerprint density at radius 1 is 1.06 bits per heavy atom. The van der Waals surface area contributed by atoms with Crippen LogP contribution in [0, 0.1) is 11.7 Å². The van der Waals surface area contributed by atoms with Gasteiger partial charge in [0.1, 0.15) is 11.4 Å². The lowest BCUT2D eigenvalue weighted by Gasteiger charge is -2.32. The van der Waals surface area contributed by atoms with E-state index in [0.29, 0.717) is 19.4 Å². The lowest BCUT2D eigenvalue weighted by atomic mass is 9.97. The fourth-order valence-electron chi connectivity index (χ4n) is 3.20. The summed E-state index contributed by atoms with van der Waals surface area (Å²) in [5.74, 6) is -1.76. The van der Waals surface area contributed by atoms with Crippen LogP contribution < -0.4 is 16.0 Å². The molecule has 2 rings (SSSR count). The number of ether oxygens (including phenoxy) is 1. The molecule has 1 fully saturated rings. The van der Waals surface area contributed by atoms with E-state index in [4.69, 9.17) is 4.74 Å². The Bertz CT molecular complexity index is 823. The summed E-state index contributed by atoms with van der Waals surface area (Å²) in [6, 6.07) is 5.03. The van der Waals surface area contributed by atoms with Crippen molar-refractivity contribution in [2.45, 2.75) is 39.2 Å². The largest absolute Gasteiger partial charge is 0.444 e. The van der Waals surface area contributed by atoms with Gasteiger partial charge in [-0.05, 0) is 57.9 Å². The number of amides is 4. The van der Waals surface area contributed by atoms with E-state index in [2.05, 4.69) is 16.0 Å². The summed E-state index contributed by atoms with van der Waals surface area (Å²) < 4.78 is 18.1. The van der Waals surface area contributed by atoms with Crippen LogP contribution in [-0.2, 0) is 14.3 Å². The van der Waals surface area contributed by atoms with Crippen molar-refractivity contribution >= 4 is 23.8 Å². The highest BCUT2D eigenvalue weighted by Gasteiger charge is 2.28. The quantitative estimate of drug-likeness (QED) is 0.544. The SMILES string of the molecule is CC(C)(C)OC(=O)NCCNC(=O)C1CCCN(C(=O)CNC(=O)c2ccc(F)cc2)C1. The predicted molar refractivity (Wildman–Crippen MR) is 115 cm³/mol. The van der Waals surface area contributed by atoms with Gasteiger partial charge in [-0.25, -0.2) is 9.18 Å². The van der Waals surface area contributed by atoms with E-state index in [1.54, 1.807) is 25.7 Å². The summed E-state index contributed by atoms with van der Waals surface area (Å²) in [5, 5.41) is 7.85. The highest BCUT2D eigenvalue weighted by Crippen LogP contribution is 2.16. The van der Waals surface area contributed by atoms with Crippen molar-refractivity contribution in [3.8, 4) is 0 Å². The Labute approximate surface area is 187 Å². The molecule has 0 aromatic heterocycles. The fraction of sp³-hybridized carbons (Fsp3) is 0.545. The van der Waals surface area contributed by atoms with E-state index in [0.717, 1.165) is 0 Å². The van der Waals surface area contributed by atoms with E-state index in [-0.39, 0.29) is 49.5 Å². The second-order valence-corrected chi connectivity index (χ2v) is 8.59. The molecule has 1 unspecified atom stereocenters. The summed E-state index contributed by atoms with van der Waals surface area (Å²) in [5.41, 5.74) is -0.334.